The molecule has 48 heavy (non-hydrogen) atoms. The molecule has 2 heterocycles. The molecule has 2 aromatic rings. The van der Waals surface area contributed by atoms with Crippen molar-refractivity contribution >= 4 is 41.4 Å². The van der Waals surface area contributed by atoms with Crippen molar-refractivity contribution in [2.75, 3.05) is 33.3 Å². The minimum Gasteiger partial charge on any atom is -0.496 e. The molecule has 0 radical (unpaired) electrons. The number of aldehydes is 1. The number of carbonyl (C=O) groups is 3. The number of allylic oxidation sites excluding steroid dienone is 1. The van der Waals surface area contributed by atoms with E-state index in [1.165, 1.54) is 0 Å². The number of aliphatic carboxylic acids is 2. The predicted octanol–water partition coefficient (Wildman–Crippen LogP) is 4.73. The number of aryl methyl sites for hydroxylation is 1. The Morgan fingerprint density at radius 1 is 0.917 bits per heavy atom. The summed E-state index contributed by atoms with van der Waals surface area (Å²) in [5.41, 5.74) is 0.943. The Hall–Kier alpha value is -3.41. The van der Waals surface area contributed by atoms with E-state index < -0.39 is 23.9 Å². The summed E-state index contributed by atoms with van der Waals surface area (Å²) in [5.74, 6) is -2.28. The first kappa shape index (κ1) is 34.5. The molecule has 10 nitrogen and oxygen atoms in total. The van der Waals surface area contributed by atoms with E-state index in [4.69, 9.17) is 27.9 Å². The Labute approximate surface area is 290 Å². The van der Waals surface area contributed by atoms with Gasteiger partial charge in [-0.05, 0) is 74.1 Å². The van der Waals surface area contributed by atoms with Crippen molar-refractivity contribution in [1.29, 1.82) is 0 Å². The van der Waals surface area contributed by atoms with Crippen LogP contribution in [-0.2, 0) is 20.8 Å². The van der Waals surface area contributed by atoms with Crippen LogP contribution in [0.5, 0.6) is 5.75 Å². The first-order valence-corrected chi connectivity index (χ1v) is 17.2. The van der Waals surface area contributed by atoms with E-state index in [0.717, 1.165) is 37.5 Å². The number of carboxylic acid groups (broad SMARTS) is 2. The van der Waals surface area contributed by atoms with E-state index in [9.17, 15) is 29.7 Å². The SMILES string of the molecule is COc1ccccc1CCC1=C(C(=O)O)C(c2c(Cl)cccc2Cl)C(C(=O)O)=C(C(C=O)N2CCN(C3CC4CC(O)CC4C3)CC2)N1. The fraction of sp³-hybridized carbons (Fsp3) is 0.472. The predicted molar refractivity (Wildman–Crippen MR) is 181 cm³/mol. The van der Waals surface area contributed by atoms with E-state index in [1.807, 2.05) is 29.2 Å². The molecule has 4 atom stereocenters. The van der Waals surface area contributed by atoms with Crippen molar-refractivity contribution in [3.8, 4) is 5.75 Å². The summed E-state index contributed by atoms with van der Waals surface area (Å²) >= 11 is 13.3. The van der Waals surface area contributed by atoms with Gasteiger partial charge in [-0.25, -0.2) is 9.59 Å². The Balaban J connectivity index is 1.35. The molecule has 2 aromatic carbocycles. The van der Waals surface area contributed by atoms with Gasteiger partial charge in [-0.1, -0.05) is 47.5 Å². The third-order valence-electron chi connectivity index (χ3n) is 10.7. The molecule has 0 aromatic heterocycles. The third kappa shape index (κ3) is 6.73. The van der Waals surface area contributed by atoms with Crippen LogP contribution in [0, 0.1) is 11.8 Å². The highest BCUT2D eigenvalue weighted by molar-refractivity contribution is 6.36. The molecule has 4 aliphatic rings. The van der Waals surface area contributed by atoms with E-state index in [0.29, 0.717) is 56.2 Å². The highest BCUT2D eigenvalue weighted by atomic mass is 35.5. The van der Waals surface area contributed by atoms with Crippen LogP contribution < -0.4 is 10.1 Å². The quantitative estimate of drug-likeness (QED) is 0.244. The van der Waals surface area contributed by atoms with E-state index in [2.05, 4.69) is 10.2 Å². The maximum absolute atomic E-state index is 13.2. The van der Waals surface area contributed by atoms with Crippen molar-refractivity contribution in [3.63, 3.8) is 0 Å². The lowest BCUT2D eigenvalue weighted by molar-refractivity contribution is -0.133. The van der Waals surface area contributed by atoms with Crippen molar-refractivity contribution in [1.82, 2.24) is 15.1 Å². The average molecular weight is 699 g/mol. The largest absolute Gasteiger partial charge is 0.496 e. The van der Waals surface area contributed by atoms with Gasteiger partial charge in [0.05, 0.1) is 36.0 Å². The van der Waals surface area contributed by atoms with Gasteiger partial charge >= 0.3 is 11.9 Å². The van der Waals surface area contributed by atoms with Gasteiger partial charge in [-0.3, -0.25) is 9.80 Å². The summed E-state index contributed by atoms with van der Waals surface area (Å²) in [6.07, 6.45) is 4.98. The number of benzene rings is 2. The monoisotopic (exact) mass is 697 g/mol. The van der Waals surface area contributed by atoms with E-state index in [-0.39, 0.29) is 50.7 Å². The van der Waals surface area contributed by atoms with Gasteiger partial charge < -0.3 is 30.2 Å². The summed E-state index contributed by atoms with van der Waals surface area (Å²) in [6.45, 7) is 2.48. The molecule has 12 heteroatoms. The summed E-state index contributed by atoms with van der Waals surface area (Å²) in [4.78, 5) is 43.6. The van der Waals surface area contributed by atoms with Crippen LogP contribution in [0.2, 0.25) is 10.0 Å². The molecule has 4 unspecified atom stereocenters. The smallest absolute Gasteiger partial charge is 0.334 e. The van der Waals surface area contributed by atoms with Gasteiger partial charge in [0.15, 0.2) is 0 Å². The molecule has 1 saturated heterocycles. The topological polar surface area (TPSA) is 140 Å². The number of para-hydroxylation sites is 1. The lowest BCUT2D eigenvalue weighted by Gasteiger charge is -2.42. The molecule has 6 rings (SSSR count). The number of fused-ring (bicyclic) bond motifs is 1. The zero-order valence-corrected chi connectivity index (χ0v) is 28.3. The number of piperazine rings is 1. The number of aliphatic hydroxyl groups is 1. The zero-order chi connectivity index (χ0) is 34.1. The highest BCUT2D eigenvalue weighted by Gasteiger charge is 2.45. The molecule has 256 valence electrons. The van der Waals surface area contributed by atoms with Crippen LogP contribution in [0.25, 0.3) is 0 Å². The molecule has 2 saturated carbocycles. The average Bonchev–Trinajstić information content (AvgIpc) is 3.61. The van der Waals surface area contributed by atoms with Crippen LogP contribution in [0.15, 0.2) is 65.0 Å². The van der Waals surface area contributed by atoms with Crippen LogP contribution in [-0.4, -0.2) is 94.8 Å². The van der Waals surface area contributed by atoms with E-state index in [1.54, 1.807) is 25.3 Å². The Morgan fingerprint density at radius 3 is 2.12 bits per heavy atom. The molecule has 3 fully saturated rings. The maximum Gasteiger partial charge on any atom is 0.334 e. The van der Waals surface area contributed by atoms with Crippen LogP contribution in [0.1, 0.15) is 49.1 Å². The number of methoxy groups -OCH3 is 1. The second-order valence-corrected chi connectivity index (χ2v) is 14.1. The van der Waals surface area contributed by atoms with Gasteiger partial charge in [0, 0.05) is 53.5 Å². The molecule has 2 aliphatic heterocycles. The Kier molecular flexibility index (Phi) is 10.5. The molecular weight excluding hydrogens is 657 g/mol. The first-order valence-electron chi connectivity index (χ1n) is 16.5. The van der Waals surface area contributed by atoms with Crippen molar-refractivity contribution < 1.29 is 34.4 Å². The van der Waals surface area contributed by atoms with Crippen molar-refractivity contribution in [2.24, 2.45) is 11.8 Å². The fourth-order valence-electron chi connectivity index (χ4n) is 8.51. The number of nitrogens with zero attached hydrogens (tertiary/aromatic N) is 2. The van der Waals surface area contributed by atoms with Gasteiger partial charge in [-0.15, -0.1) is 0 Å². The number of ether oxygens (including phenoxy) is 1. The van der Waals surface area contributed by atoms with Crippen molar-refractivity contribution in [3.05, 3.63) is 86.2 Å². The summed E-state index contributed by atoms with van der Waals surface area (Å²) in [6, 6.07) is 11.6. The number of rotatable bonds is 11. The highest BCUT2D eigenvalue weighted by Crippen LogP contribution is 2.47. The normalized spacial score (nSPS) is 27.0. The molecule has 0 amide bonds. The molecule has 0 spiro atoms. The molecular formula is C36H41Cl2N3O7. The summed E-state index contributed by atoms with van der Waals surface area (Å²) < 4.78 is 5.51. The Morgan fingerprint density at radius 2 is 1.54 bits per heavy atom. The standard InChI is InChI=1S/C36H41Cl2N3O7/c1-48-29-8-3-2-5-20(29)9-10-27-31(35(44)45)32(30-25(37)6-4-7-26(30)38)33(36(46)47)34(39-27)28(19-42)41-13-11-40(12-14-41)23-15-21-17-24(43)18-22(21)16-23/h2-8,19,21-24,28,32,39,43H,9-18H2,1H3,(H,44,45)(H,46,47). The molecule has 4 N–H and O–H groups in total. The van der Waals surface area contributed by atoms with Crippen LogP contribution in [0.4, 0.5) is 0 Å². The second kappa shape index (κ2) is 14.6. The molecule has 0 bridgehead atoms. The van der Waals surface area contributed by atoms with Crippen LogP contribution >= 0.6 is 23.2 Å². The number of aliphatic hydroxyl groups excluding tert-OH is 1. The van der Waals surface area contributed by atoms with Crippen molar-refractivity contribution in [2.45, 2.75) is 62.6 Å². The maximum atomic E-state index is 13.2. The zero-order valence-electron chi connectivity index (χ0n) is 26.8. The van der Waals surface area contributed by atoms with Gasteiger partial charge in [0.25, 0.3) is 0 Å². The number of carbonyl (C=O) groups excluding carboxylic acids is 1. The number of carboxylic acids is 2. The lowest BCUT2D eigenvalue weighted by atomic mass is 9.78. The fourth-order valence-corrected chi connectivity index (χ4v) is 9.12. The van der Waals surface area contributed by atoms with Gasteiger partial charge in [0.1, 0.15) is 18.1 Å². The first-order chi connectivity index (χ1) is 23.1. The number of dihydropyridines is 1. The Bertz CT molecular complexity index is 1600. The summed E-state index contributed by atoms with van der Waals surface area (Å²) in [5, 5.41) is 34.9. The third-order valence-corrected chi connectivity index (χ3v) is 11.4. The van der Waals surface area contributed by atoms with Gasteiger partial charge in [-0.2, -0.15) is 0 Å². The van der Waals surface area contributed by atoms with Crippen LogP contribution in [0.3, 0.4) is 0 Å². The number of halogens is 2. The lowest BCUT2D eigenvalue weighted by Crippen LogP contribution is -2.55. The minimum absolute atomic E-state index is 0.122. The van der Waals surface area contributed by atoms with E-state index >= 15 is 0 Å². The second-order valence-electron chi connectivity index (χ2n) is 13.3. The number of hydrogen-bond donors (Lipinski definition) is 4. The van der Waals surface area contributed by atoms with Gasteiger partial charge in [0.2, 0.25) is 0 Å². The summed E-state index contributed by atoms with van der Waals surface area (Å²) in [7, 11) is 1.56. The number of nitrogens with one attached hydrogen (secondary N) is 1. The molecule has 2 aliphatic carbocycles. The number of hydrogen-bond acceptors (Lipinski definition) is 8. The minimum atomic E-state index is -1.37.